The van der Waals surface area contributed by atoms with Gasteiger partial charge in [-0.1, -0.05) is 204 Å². The molecule has 2 fully saturated rings. The first kappa shape index (κ1) is 60.5. The smallest absolute Gasteiger partial charge is 0.334 e. The van der Waals surface area contributed by atoms with E-state index in [9.17, 15) is 9.59 Å². The number of hydrogen-bond acceptors (Lipinski definition) is 4. The van der Waals surface area contributed by atoms with E-state index >= 15 is 26.3 Å². The van der Waals surface area contributed by atoms with Crippen molar-refractivity contribution < 1.29 is 35.9 Å². The Morgan fingerprint density at radius 3 is 0.840 bits per heavy atom. The number of hydrogen-bond donors (Lipinski definition) is 6. The third-order valence-electron chi connectivity index (χ3n) is 16.4. The molecule has 2 aliphatic rings. The Labute approximate surface area is 475 Å². The van der Waals surface area contributed by atoms with Gasteiger partial charge in [-0.05, 0) is 114 Å². The summed E-state index contributed by atoms with van der Waals surface area (Å²) in [6, 6.07) is 39.4. The van der Waals surface area contributed by atoms with Crippen LogP contribution in [-0.2, 0) is 27.1 Å². The molecule has 4 atom stereocenters. The standard InChI is InChI=1S/C67H80F6N6O2/c1-61(2,3)45-21-13-41(14-22-45)57(42-15-23-46(24-16-42)62(4,5)6)55-37-53(39-74-55)78-59(80)76-51-33-29-49(30-34-51)65(66(68,69)70,67(71,72)73)50-31-35-52(36-32-50)77-60(81)79-54-38-56(75-40-54)58(43-17-25-47(26-18-43)63(7,8)9)44-19-27-48(28-20-44)64(10,11)12/h13-36,53-58,74-75H,37-40H2,1-12H3,(H2,76,78,80)(H2,77,79,81). The molecule has 4 unspecified atom stereocenters. The summed E-state index contributed by atoms with van der Waals surface area (Å²) >= 11 is 0. The molecule has 4 amide bonds. The highest BCUT2D eigenvalue weighted by Gasteiger charge is 2.72. The summed E-state index contributed by atoms with van der Waals surface area (Å²) in [6.07, 6.45) is -10.6. The second-order valence-electron chi connectivity index (χ2n) is 26.4. The van der Waals surface area contributed by atoms with Crippen LogP contribution in [0.1, 0.15) is 163 Å². The maximum absolute atomic E-state index is 15.3. The number of benzene rings is 6. The number of anilines is 2. The molecule has 0 saturated carbocycles. The average Bonchev–Trinajstić information content (AvgIpc) is 4.20. The van der Waals surface area contributed by atoms with E-state index in [4.69, 9.17) is 0 Å². The Morgan fingerprint density at radius 2 is 0.617 bits per heavy atom. The molecule has 6 N–H and O–H groups in total. The van der Waals surface area contributed by atoms with Crippen LogP contribution in [0.5, 0.6) is 0 Å². The van der Waals surface area contributed by atoms with Crippen molar-refractivity contribution in [2.45, 2.75) is 171 Å². The molecular weight excluding hydrogens is 1030 g/mol. The van der Waals surface area contributed by atoms with E-state index in [1.165, 1.54) is 22.3 Å². The van der Waals surface area contributed by atoms with Crippen molar-refractivity contribution in [1.82, 2.24) is 21.3 Å². The van der Waals surface area contributed by atoms with Gasteiger partial charge in [0.05, 0.1) is 0 Å². The first-order valence-electron chi connectivity index (χ1n) is 28.1. The molecule has 81 heavy (non-hydrogen) atoms. The van der Waals surface area contributed by atoms with Crippen molar-refractivity contribution in [2.24, 2.45) is 0 Å². The van der Waals surface area contributed by atoms with Gasteiger partial charge in [0.25, 0.3) is 0 Å². The Bertz CT molecular complexity index is 2770. The molecule has 2 aliphatic heterocycles. The van der Waals surface area contributed by atoms with E-state index in [0.717, 1.165) is 70.8 Å². The maximum Gasteiger partial charge on any atom is 0.411 e. The maximum atomic E-state index is 15.3. The van der Waals surface area contributed by atoms with Crippen molar-refractivity contribution >= 4 is 23.4 Å². The van der Waals surface area contributed by atoms with Crippen molar-refractivity contribution in [3.63, 3.8) is 0 Å². The predicted molar refractivity (Wildman–Crippen MR) is 315 cm³/mol. The molecule has 0 bridgehead atoms. The van der Waals surface area contributed by atoms with Crippen LogP contribution < -0.4 is 31.9 Å². The number of urea groups is 2. The second-order valence-corrected chi connectivity index (χ2v) is 26.4. The topological polar surface area (TPSA) is 106 Å². The summed E-state index contributed by atoms with van der Waals surface area (Å²) in [5.74, 6) is -0.104. The largest absolute Gasteiger partial charge is 0.411 e. The number of carbonyl (C=O) groups is 2. The number of amides is 4. The van der Waals surface area contributed by atoms with Crippen LogP contribution in [0.15, 0.2) is 146 Å². The van der Waals surface area contributed by atoms with Crippen LogP contribution in [0.2, 0.25) is 0 Å². The molecule has 2 saturated heterocycles. The number of rotatable bonds is 12. The molecule has 0 radical (unpaired) electrons. The fourth-order valence-electron chi connectivity index (χ4n) is 11.6. The molecule has 2 heterocycles. The summed E-state index contributed by atoms with van der Waals surface area (Å²) in [6.45, 7) is 26.9. The highest BCUT2D eigenvalue weighted by Crippen LogP contribution is 2.56. The third-order valence-corrected chi connectivity index (χ3v) is 16.4. The normalized spacial score (nSPS) is 18.5. The van der Waals surface area contributed by atoms with Crippen molar-refractivity contribution in [1.29, 1.82) is 0 Å². The van der Waals surface area contributed by atoms with Gasteiger partial charge in [0.15, 0.2) is 0 Å². The molecule has 0 aliphatic carbocycles. The van der Waals surface area contributed by atoms with Crippen LogP contribution in [-0.4, -0.2) is 61.7 Å². The number of nitrogens with one attached hydrogen (secondary N) is 6. The summed E-state index contributed by atoms with van der Waals surface area (Å²) < 4.78 is 91.8. The fraction of sp³-hybridized carbons (Fsp3) is 0.433. The minimum absolute atomic E-state index is 0.00197. The molecule has 432 valence electrons. The molecule has 6 aromatic rings. The minimum atomic E-state index is -5.86. The highest BCUT2D eigenvalue weighted by atomic mass is 19.4. The fourth-order valence-corrected chi connectivity index (χ4v) is 11.6. The molecule has 14 heteroatoms. The lowest BCUT2D eigenvalue weighted by molar-refractivity contribution is -0.288. The quantitative estimate of drug-likeness (QED) is 0.0687. The Morgan fingerprint density at radius 1 is 0.383 bits per heavy atom. The van der Waals surface area contributed by atoms with Gasteiger partial charge in [0.2, 0.25) is 5.41 Å². The molecule has 0 aromatic heterocycles. The Hall–Kier alpha value is -6.64. The predicted octanol–water partition coefficient (Wildman–Crippen LogP) is 15.7. The average molecular weight is 1120 g/mol. The second kappa shape index (κ2) is 23.0. The van der Waals surface area contributed by atoms with E-state index in [-0.39, 0.29) is 69.0 Å². The number of alkyl halides is 6. The van der Waals surface area contributed by atoms with Crippen LogP contribution in [0, 0.1) is 0 Å². The Kier molecular flexibility index (Phi) is 17.1. The van der Waals surface area contributed by atoms with Gasteiger partial charge in [-0.3, -0.25) is 0 Å². The molecule has 6 aromatic carbocycles. The summed E-state index contributed by atoms with van der Waals surface area (Å²) in [4.78, 5) is 26.9. The SMILES string of the molecule is CC(C)(C)c1ccc(C(c2ccc(C(C)(C)C)cc2)C2CC(NC(=O)Nc3ccc(C(c4ccc(NC(=O)NC5CNC(C(c6ccc(C(C)(C)C)cc6)c6ccc(C(C)(C)C)cc6)C5)cc4)(C(F)(F)F)C(F)(F)F)cc3)CN2)cc1. The first-order valence-corrected chi connectivity index (χ1v) is 28.1. The lowest BCUT2D eigenvalue weighted by atomic mass is 9.73. The van der Waals surface area contributed by atoms with Gasteiger partial charge < -0.3 is 31.9 Å². The Balaban J connectivity index is 0.925. The van der Waals surface area contributed by atoms with Gasteiger partial charge in [-0.2, -0.15) is 26.3 Å². The van der Waals surface area contributed by atoms with Gasteiger partial charge >= 0.3 is 24.4 Å². The van der Waals surface area contributed by atoms with Gasteiger partial charge in [0, 0.05) is 60.5 Å². The molecule has 8 nitrogen and oxygen atoms in total. The summed E-state index contributed by atoms with van der Waals surface area (Å²) in [5.41, 5.74) is 2.53. The third kappa shape index (κ3) is 13.7. The summed E-state index contributed by atoms with van der Waals surface area (Å²) in [5, 5.41) is 18.3. The number of halogens is 6. The van der Waals surface area contributed by atoms with E-state index in [0.29, 0.717) is 25.9 Å². The van der Waals surface area contributed by atoms with E-state index in [2.05, 4.69) is 212 Å². The van der Waals surface area contributed by atoms with E-state index in [1.807, 2.05) is 0 Å². The van der Waals surface area contributed by atoms with Crippen molar-refractivity contribution in [3.05, 3.63) is 201 Å². The van der Waals surface area contributed by atoms with Crippen molar-refractivity contribution in [2.75, 3.05) is 23.7 Å². The lowest BCUT2D eigenvalue weighted by Gasteiger charge is -2.38. The molecular formula is C67H80F6N6O2. The first-order chi connectivity index (χ1) is 37.7. The van der Waals surface area contributed by atoms with Crippen LogP contribution in [0.4, 0.5) is 47.3 Å². The monoisotopic (exact) mass is 1110 g/mol. The zero-order valence-electron chi connectivity index (χ0n) is 48.7. The van der Waals surface area contributed by atoms with Crippen LogP contribution in [0.25, 0.3) is 0 Å². The zero-order valence-corrected chi connectivity index (χ0v) is 48.7. The van der Waals surface area contributed by atoms with E-state index in [1.54, 1.807) is 0 Å². The zero-order chi connectivity index (χ0) is 59.1. The van der Waals surface area contributed by atoms with Gasteiger partial charge in [-0.25, -0.2) is 9.59 Å². The number of carbonyl (C=O) groups excluding carboxylic acids is 2. The lowest BCUT2D eigenvalue weighted by Crippen LogP contribution is -2.54. The van der Waals surface area contributed by atoms with Crippen LogP contribution in [0.3, 0.4) is 0 Å². The van der Waals surface area contributed by atoms with E-state index < -0.39 is 41.0 Å². The molecule has 0 spiro atoms. The van der Waals surface area contributed by atoms with Crippen molar-refractivity contribution in [3.8, 4) is 0 Å². The minimum Gasteiger partial charge on any atom is -0.334 e. The highest BCUT2D eigenvalue weighted by molar-refractivity contribution is 5.90. The summed E-state index contributed by atoms with van der Waals surface area (Å²) in [7, 11) is 0. The molecule has 8 rings (SSSR count). The van der Waals surface area contributed by atoms with Crippen LogP contribution >= 0.6 is 0 Å². The van der Waals surface area contributed by atoms with Gasteiger partial charge in [-0.15, -0.1) is 0 Å². The van der Waals surface area contributed by atoms with Gasteiger partial charge in [0.1, 0.15) is 0 Å².